The van der Waals surface area contributed by atoms with Crippen molar-refractivity contribution in [1.82, 2.24) is 10.4 Å². The molecule has 1 aliphatic heterocycles. The van der Waals surface area contributed by atoms with Gasteiger partial charge in [-0.2, -0.15) is 0 Å². The van der Waals surface area contributed by atoms with Gasteiger partial charge < -0.3 is 0 Å². The smallest absolute Gasteiger partial charge is 0.231 e. The van der Waals surface area contributed by atoms with E-state index >= 15 is 0 Å². The van der Waals surface area contributed by atoms with Crippen LogP contribution in [-0.2, 0) is 4.79 Å². The van der Waals surface area contributed by atoms with E-state index in [1.54, 1.807) is 5.01 Å². The molecule has 1 N–H and O–H groups in total. The van der Waals surface area contributed by atoms with E-state index in [0.29, 0.717) is 13.1 Å². The highest BCUT2D eigenvalue weighted by Crippen LogP contribution is 2.06. The summed E-state index contributed by atoms with van der Waals surface area (Å²) in [4.78, 5) is 10.3. The highest BCUT2D eigenvalue weighted by atomic mass is 19.1. The third-order valence-corrected chi connectivity index (χ3v) is 1.15. The molecule has 0 aromatic rings. The predicted octanol–water partition coefficient (Wildman–Crippen LogP) is -0.309. The van der Waals surface area contributed by atoms with Gasteiger partial charge in [-0.25, -0.2) is 9.40 Å². The number of hydrogen-bond donors (Lipinski definition) is 1. The summed E-state index contributed by atoms with van der Waals surface area (Å²) in [7, 11) is 0. The lowest BCUT2D eigenvalue weighted by atomic mass is 10.2. The molecule has 1 amide bonds. The van der Waals surface area contributed by atoms with Gasteiger partial charge >= 0.3 is 0 Å². The van der Waals surface area contributed by atoms with Gasteiger partial charge in [-0.3, -0.25) is 10.2 Å². The number of hydrazine groups is 1. The first-order valence-electron chi connectivity index (χ1n) is 2.84. The quantitative estimate of drug-likeness (QED) is 0.531. The highest BCUT2D eigenvalue weighted by Gasteiger charge is 2.26. The average molecular weight is 132 g/mol. The summed E-state index contributed by atoms with van der Waals surface area (Å²) in [5.74, 6) is -0.137. The van der Waals surface area contributed by atoms with Crippen LogP contribution >= 0.6 is 0 Å². The molecule has 1 rings (SSSR count). The maximum atomic E-state index is 12.0. The first-order chi connectivity index (χ1) is 4.18. The normalized spacial score (nSPS) is 21.1. The molecule has 0 atom stereocenters. The van der Waals surface area contributed by atoms with Crippen LogP contribution in [0.3, 0.4) is 0 Å². The molecule has 0 radical (unpaired) electrons. The molecule has 52 valence electrons. The Hall–Kier alpha value is -0.640. The Bertz CT molecular complexity index is 122. The van der Waals surface area contributed by atoms with Crippen molar-refractivity contribution in [3.8, 4) is 0 Å². The van der Waals surface area contributed by atoms with Crippen molar-refractivity contribution in [2.75, 3.05) is 13.1 Å². The second-order valence-corrected chi connectivity index (χ2v) is 2.17. The van der Waals surface area contributed by atoms with E-state index in [1.807, 2.05) is 0 Å². The van der Waals surface area contributed by atoms with Gasteiger partial charge in [0.25, 0.3) is 0 Å². The first-order valence-corrected chi connectivity index (χ1v) is 2.84. The zero-order valence-corrected chi connectivity index (χ0v) is 5.22. The van der Waals surface area contributed by atoms with Gasteiger partial charge in [0.05, 0.1) is 13.1 Å². The molecule has 1 heterocycles. The van der Waals surface area contributed by atoms with Gasteiger partial charge in [0, 0.05) is 6.92 Å². The van der Waals surface area contributed by atoms with Gasteiger partial charge in [-0.05, 0) is 0 Å². The van der Waals surface area contributed by atoms with Crippen molar-refractivity contribution in [1.29, 1.82) is 0 Å². The van der Waals surface area contributed by atoms with Crippen molar-refractivity contribution >= 4 is 5.91 Å². The third-order valence-electron chi connectivity index (χ3n) is 1.15. The molecule has 0 bridgehead atoms. The summed E-state index contributed by atoms with van der Waals surface area (Å²) < 4.78 is 12.0. The zero-order chi connectivity index (χ0) is 6.85. The SMILES string of the molecule is CC(=O)NN1CC(F)C1. The highest BCUT2D eigenvalue weighted by molar-refractivity contribution is 5.72. The molecule has 4 heteroatoms. The van der Waals surface area contributed by atoms with Crippen LogP contribution < -0.4 is 5.43 Å². The third kappa shape index (κ3) is 1.64. The number of amides is 1. The van der Waals surface area contributed by atoms with Gasteiger partial charge in [-0.1, -0.05) is 0 Å². The fraction of sp³-hybridized carbons (Fsp3) is 0.800. The second kappa shape index (κ2) is 2.31. The lowest BCUT2D eigenvalue weighted by Gasteiger charge is -2.33. The van der Waals surface area contributed by atoms with Crippen LogP contribution in [0.15, 0.2) is 0 Å². The fourth-order valence-corrected chi connectivity index (χ4v) is 0.739. The fourth-order valence-electron chi connectivity index (χ4n) is 0.739. The number of carbonyl (C=O) groups excluding carboxylic acids is 1. The Labute approximate surface area is 52.8 Å². The number of hydrogen-bond acceptors (Lipinski definition) is 2. The molecular weight excluding hydrogens is 123 g/mol. The molecule has 1 aliphatic rings. The standard InChI is InChI=1S/C5H9FN2O/c1-4(9)7-8-2-5(6)3-8/h5H,2-3H2,1H3,(H,7,9). The largest absolute Gasteiger partial charge is 0.289 e. The minimum atomic E-state index is -0.753. The Morgan fingerprint density at radius 3 is 2.67 bits per heavy atom. The topological polar surface area (TPSA) is 32.3 Å². The van der Waals surface area contributed by atoms with Crippen molar-refractivity contribution in [2.45, 2.75) is 13.1 Å². The minimum Gasteiger partial charge on any atom is -0.289 e. The zero-order valence-electron chi connectivity index (χ0n) is 5.22. The molecule has 0 saturated carbocycles. The van der Waals surface area contributed by atoms with Crippen LogP contribution in [0.2, 0.25) is 0 Å². The van der Waals surface area contributed by atoms with E-state index in [4.69, 9.17) is 0 Å². The van der Waals surface area contributed by atoms with Crippen LogP contribution in [0.5, 0.6) is 0 Å². The number of nitrogens with zero attached hydrogens (tertiary/aromatic N) is 1. The molecule has 0 aromatic carbocycles. The van der Waals surface area contributed by atoms with Crippen molar-refractivity contribution in [3.05, 3.63) is 0 Å². The van der Waals surface area contributed by atoms with Gasteiger partial charge in [0.15, 0.2) is 0 Å². The minimum absolute atomic E-state index is 0.137. The summed E-state index contributed by atoms with van der Waals surface area (Å²) in [5.41, 5.74) is 2.46. The molecule has 9 heavy (non-hydrogen) atoms. The van der Waals surface area contributed by atoms with Crippen LogP contribution in [0.4, 0.5) is 4.39 Å². The Kier molecular flexibility index (Phi) is 1.66. The van der Waals surface area contributed by atoms with Gasteiger partial charge in [0.1, 0.15) is 6.17 Å². The van der Waals surface area contributed by atoms with Crippen LogP contribution in [-0.4, -0.2) is 30.2 Å². The summed E-state index contributed by atoms with van der Waals surface area (Å²) >= 11 is 0. The van der Waals surface area contributed by atoms with Crippen LogP contribution in [0.25, 0.3) is 0 Å². The number of halogens is 1. The second-order valence-electron chi connectivity index (χ2n) is 2.17. The molecular formula is C5H9FN2O. The summed E-state index contributed by atoms with van der Waals surface area (Å²) in [6.07, 6.45) is -0.753. The average Bonchev–Trinajstić information content (AvgIpc) is 1.60. The molecule has 3 nitrogen and oxygen atoms in total. The monoisotopic (exact) mass is 132 g/mol. The van der Waals surface area contributed by atoms with Gasteiger partial charge in [-0.15, -0.1) is 0 Å². The Balaban J connectivity index is 2.11. The Morgan fingerprint density at radius 1 is 1.78 bits per heavy atom. The number of rotatable bonds is 1. The van der Waals surface area contributed by atoms with Crippen LogP contribution in [0.1, 0.15) is 6.92 Å². The van der Waals surface area contributed by atoms with E-state index < -0.39 is 6.17 Å². The summed E-state index contributed by atoms with van der Waals surface area (Å²) in [5, 5.41) is 1.55. The number of nitrogens with one attached hydrogen (secondary N) is 1. The molecule has 0 spiro atoms. The van der Waals surface area contributed by atoms with Crippen molar-refractivity contribution < 1.29 is 9.18 Å². The van der Waals surface area contributed by atoms with E-state index in [2.05, 4.69) is 5.43 Å². The van der Waals surface area contributed by atoms with E-state index in [0.717, 1.165) is 0 Å². The first kappa shape index (κ1) is 6.48. The lowest BCUT2D eigenvalue weighted by Crippen LogP contribution is -2.56. The molecule has 0 unspecified atom stereocenters. The van der Waals surface area contributed by atoms with Crippen molar-refractivity contribution in [2.24, 2.45) is 0 Å². The van der Waals surface area contributed by atoms with E-state index in [9.17, 15) is 9.18 Å². The van der Waals surface area contributed by atoms with E-state index in [-0.39, 0.29) is 5.91 Å². The number of alkyl halides is 1. The summed E-state index contributed by atoms with van der Waals surface area (Å²) in [6, 6.07) is 0. The van der Waals surface area contributed by atoms with Crippen molar-refractivity contribution in [3.63, 3.8) is 0 Å². The number of carbonyl (C=O) groups is 1. The predicted molar refractivity (Wildman–Crippen MR) is 30.3 cm³/mol. The van der Waals surface area contributed by atoms with Crippen LogP contribution in [0, 0.1) is 0 Å². The molecule has 0 aliphatic carbocycles. The van der Waals surface area contributed by atoms with Gasteiger partial charge in [0.2, 0.25) is 5.91 Å². The summed E-state index contributed by atoms with van der Waals surface area (Å²) in [6.45, 7) is 2.07. The molecule has 1 fully saturated rings. The maximum absolute atomic E-state index is 12.0. The van der Waals surface area contributed by atoms with E-state index in [1.165, 1.54) is 6.92 Å². The maximum Gasteiger partial charge on any atom is 0.231 e. The lowest BCUT2D eigenvalue weighted by molar-refractivity contribution is -0.127. The molecule has 1 saturated heterocycles. The molecule has 0 aromatic heterocycles. The Morgan fingerprint density at radius 2 is 2.33 bits per heavy atom.